The van der Waals surface area contributed by atoms with E-state index in [9.17, 15) is 0 Å². The molecule has 0 spiro atoms. The van der Waals surface area contributed by atoms with Crippen LogP contribution in [0.1, 0.15) is 34.1 Å². The number of hydrogen-bond donors (Lipinski definition) is 0. The van der Waals surface area contributed by atoms with Gasteiger partial charge in [-0.3, -0.25) is 4.99 Å². The minimum absolute atomic E-state index is 0.671. The van der Waals surface area contributed by atoms with Crippen molar-refractivity contribution >= 4 is 5.71 Å². The van der Waals surface area contributed by atoms with Crippen molar-refractivity contribution in [3.05, 3.63) is 0 Å². The highest BCUT2D eigenvalue weighted by Gasteiger charge is 1.99. The van der Waals surface area contributed by atoms with Crippen molar-refractivity contribution in [1.29, 1.82) is 0 Å². The molecule has 1 unspecified atom stereocenters. The van der Waals surface area contributed by atoms with Gasteiger partial charge in [0.1, 0.15) is 0 Å². The molecule has 1 nitrogen and oxygen atoms in total. The minimum atomic E-state index is 0.671. The van der Waals surface area contributed by atoms with Crippen molar-refractivity contribution in [3.63, 3.8) is 0 Å². The van der Waals surface area contributed by atoms with Gasteiger partial charge in [-0.25, -0.2) is 0 Å². The highest BCUT2D eigenvalue weighted by molar-refractivity contribution is 5.83. The van der Waals surface area contributed by atoms with Gasteiger partial charge in [0.25, 0.3) is 0 Å². The summed E-state index contributed by atoms with van der Waals surface area (Å²) >= 11 is 0. The molecule has 0 fully saturated rings. The first-order chi connectivity index (χ1) is 4.22. The van der Waals surface area contributed by atoms with Crippen LogP contribution in [0.2, 0.25) is 0 Å². The summed E-state index contributed by atoms with van der Waals surface area (Å²) in [5.74, 6) is 0.671. The molecule has 9 heavy (non-hydrogen) atoms. The molecule has 0 N–H and O–H groups in total. The Bertz CT molecular complexity index is 94.7. The smallest absolute Gasteiger partial charge is 0.0360 e. The first-order valence-corrected chi connectivity index (χ1v) is 3.73. The zero-order valence-corrected chi connectivity index (χ0v) is 6.94. The molecular weight excluding hydrogens is 110 g/mol. The van der Waals surface area contributed by atoms with E-state index >= 15 is 0 Å². The van der Waals surface area contributed by atoms with E-state index in [4.69, 9.17) is 0 Å². The lowest BCUT2D eigenvalue weighted by Crippen LogP contribution is -2.05. The van der Waals surface area contributed by atoms with Crippen molar-refractivity contribution in [3.8, 4) is 0 Å². The second kappa shape index (κ2) is 4.54. The summed E-state index contributed by atoms with van der Waals surface area (Å²) in [7, 11) is 0. The van der Waals surface area contributed by atoms with Gasteiger partial charge >= 0.3 is 0 Å². The van der Waals surface area contributed by atoms with Crippen molar-refractivity contribution < 1.29 is 0 Å². The lowest BCUT2D eigenvalue weighted by molar-refractivity contribution is 0.731. The molecule has 0 aromatic rings. The van der Waals surface area contributed by atoms with Gasteiger partial charge in [0.2, 0.25) is 0 Å². The summed E-state index contributed by atoms with van der Waals surface area (Å²) in [6.07, 6.45) is 1.20. The van der Waals surface area contributed by atoms with Gasteiger partial charge in [0.05, 0.1) is 0 Å². The monoisotopic (exact) mass is 127 g/mol. The van der Waals surface area contributed by atoms with Gasteiger partial charge < -0.3 is 0 Å². The Morgan fingerprint density at radius 3 is 2.33 bits per heavy atom. The Balaban J connectivity index is 3.70. The van der Waals surface area contributed by atoms with E-state index < -0.39 is 0 Å². The number of nitrogens with zero attached hydrogens (tertiary/aromatic N) is 1. The van der Waals surface area contributed by atoms with Gasteiger partial charge in [-0.15, -0.1) is 0 Å². The lowest BCUT2D eigenvalue weighted by Gasteiger charge is -2.05. The molecule has 0 aliphatic rings. The molecule has 1 atom stereocenters. The van der Waals surface area contributed by atoms with E-state index in [-0.39, 0.29) is 0 Å². The van der Waals surface area contributed by atoms with Crippen LogP contribution in [0.25, 0.3) is 0 Å². The van der Waals surface area contributed by atoms with E-state index in [1.807, 2.05) is 0 Å². The van der Waals surface area contributed by atoms with Gasteiger partial charge in [-0.1, -0.05) is 13.8 Å². The first kappa shape index (κ1) is 8.67. The van der Waals surface area contributed by atoms with Crippen LogP contribution in [-0.4, -0.2) is 12.3 Å². The summed E-state index contributed by atoms with van der Waals surface area (Å²) in [5.41, 5.74) is 1.29. The number of rotatable bonds is 3. The van der Waals surface area contributed by atoms with E-state index in [0.717, 1.165) is 6.54 Å². The molecule has 0 rings (SSSR count). The van der Waals surface area contributed by atoms with Crippen LogP contribution in [0.4, 0.5) is 0 Å². The topological polar surface area (TPSA) is 12.4 Å². The molecule has 0 heterocycles. The zero-order chi connectivity index (χ0) is 7.28. The lowest BCUT2D eigenvalue weighted by atomic mass is 10.0. The van der Waals surface area contributed by atoms with Crippen LogP contribution >= 0.6 is 0 Å². The molecule has 0 amide bonds. The maximum absolute atomic E-state index is 4.31. The molecule has 0 aliphatic heterocycles. The third-order valence-electron chi connectivity index (χ3n) is 1.73. The summed E-state index contributed by atoms with van der Waals surface area (Å²) in [6.45, 7) is 9.52. The third-order valence-corrected chi connectivity index (χ3v) is 1.73. The van der Waals surface area contributed by atoms with Gasteiger partial charge in [-0.05, 0) is 26.2 Å². The Kier molecular flexibility index (Phi) is 4.37. The molecule has 54 valence electrons. The minimum Gasteiger partial charge on any atom is -0.294 e. The fraction of sp³-hybridized carbons (Fsp3) is 0.875. The Labute approximate surface area is 58.2 Å². The van der Waals surface area contributed by atoms with Crippen molar-refractivity contribution in [2.45, 2.75) is 34.1 Å². The SMILES string of the molecule is CCN=C(C)C(C)CC. The Morgan fingerprint density at radius 2 is 2.00 bits per heavy atom. The standard InChI is InChI=1S/C8H17N/c1-5-7(3)8(4)9-6-2/h7H,5-6H2,1-4H3. The summed E-state index contributed by atoms with van der Waals surface area (Å²) in [5, 5.41) is 0. The average Bonchev–Trinajstić information content (AvgIpc) is 1.87. The largest absolute Gasteiger partial charge is 0.294 e. The maximum Gasteiger partial charge on any atom is 0.0360 e. The predicted molar refractivity (Wildman–Crippen MR) is 43.1 cm³/mol. The normalized spacial score (nSPS) is 15.8. The highest BCUT2D eigenvalue weighted by atomic mass is 14.7. The van der Waals surface area contributed by atoms with Crippen LogP contribution in [0.15, 0.2) is 4.99 Å². The first-order valence-electron chi connectivity index (χ1n) is 3.73. The molecular formula is C8H17N. The third kappa shape index (κ3) is 3.28. The summed E-state index contributed by atoms with van der Waals surface area (Å²) < 4.78 is 0. The highest BCUT2D eigenvalue weighted by Crippen LogP contribution is 2.02. The Morgan fingerprint density at radius 1 is 1.44 bits per heavy atom. The van der Waals surface area contributed by atoms with Gasteiger partial charge in [-0.2, -0.15) is 0 Å². The fourth-order valence-electron chi connectivity index (χ4n) is 0.701. The van der Waals surface area contributed by atoms with Crippen molar-refractivity contribution in [2.75, 3.05) is 6.54 Å². The quantitative estimate of drug-likeness (QED) is 0.516. The fourth-order valence-corrected chi connectivity index (χ4v) is 0.701. The molecule has 0 radical (unpaired) electrons. The van der Waals surface area contributed by atoms with Crippen LogP contribution in [-0.2, 0) is 0 Å². The molecule has 0 bridgehead atoms. The van der Waals surface area contributed by atoms with Crippen LogP contribution in [0.3, 0.4) is 0 Å². The van der Waals surface area contributed by atoms with E-state index in [1.165, 1.54) is 12.1 Å². The van der Waals surface area contributed by atoms with Crippen molar-refractivity contribution in [2.24, 2.45) is 10.9 Å². The molecule has 1 heteroatoms. The predicted octanol–water partition coefficient (Wildman–Crippen LogP) is 2.51. The molecule has 0 aromatic heterocycles. The molecule has 0 saturated carbocycles. The maximum atomic E-state index is 4.31. The van der Waals surface area contributed by atoms with E-state index in [0.29, 0.717) is 5.92 Å². The second-order valence-corrected chi connectivity index (χ2v) is 2.43. The van der Waals surface area contributed by atoms with Crippen LogP contribution < -0.4 is 0 Å². The van der Waals surface area contributed by atoms with Crippen LogP contribution in [0, 0.1) is 5.92 Å². The van der Waals surface area contributed by atoms with Crippen molar-refractivity contribution in [1.82, 2.24) is 0 Å². The molecule has 0 aliphatic carbocycles. The second-order valence-electron chi connectivity index (χ2n) is 2.43. The average molecular weight is 127 g/mol. The van der Waals surface area contributed by atoms with Gasteiger partial charge in [0, 0.05) is 12.3 Å². The van der Waals surface area contributed by atoms with E-state index in [2.05, 4.69) is 32.7 Å². The zero-order valence-electron chi connectivity index (χ0n) is 6.94. The molecule has 0 aromatic carbocycles. The number of aliphatic imine (C=N–C) groups is 1. The van der Waals surface area contributed by atoms with Gasteiger partial charge in [0.15, 0.2) is 0 Å². The van der Waals surface area contributed by atoms with Crippen LogP contribution in [0.5, 0.6) is 0 Å². The van der Waals surface area contributed by atoms with E-state index in [1.54, 1.807) is 0 Å². The molecule has 0 saturated heterocycles. The summed E-state index contributed by atoms with van der Waals surface area (Å²) in [6, 6.07) is 0. The number of hydrogen-bond acceptors (Lipinski definition) is 1. The Hall–Kier alpha value is -0.330. The summed E-state index contributed by atoms with van der Waals surface area (Å²) in [4.78, 5) is 4.31.